The minimum Gasteiger partial charge on any atom is -0.389 e. The van der Waals surface area contributed by atoms with Crippen LogP contribution in [0, 0.1) is 0 Å². The Morgan fingerprint density at radius 1 is 1.57 bits per heavy atom. The summed E-state index contributed by atoms with van der Waals surface area (Å²) in [6.45, 7) is 0. The molecule has 4 nitrogen and oxygen atoms in total. The SMILES string of the molecule is Nc1ncccc1CC1(O)CC(N)C1. The maximum Gasteiger partial charge on any atom is 0.126 e. The molecule has 1 fully saturated rings. The highest BCUT2D eigenvalue weighted by atomic mass is 16.3. The van der Waals surface area contributed by atoms with Crippen molar-refractivity contribution in [3.05, 3.63) is 23.9 Å². The molecule has 1 aromatic rings. The molecule has 0 atom stereocenters. The molecule has 0 spiro atoms. The largest absolute Gasteiger partial charge is 0.389 e. The second-order valence-electron chi connectivity index (χ2n) is 4.12. The highest BCUT2D eigenvalue weighted by molar-refractivity contribution is 5.39. The van der Waals surface area contributed by atoms with E-state index in [0.29, 0.717) is 25.1 Å². The van der Waals surface area contributed by atoms with Crippen molar-refractivity contribution in [2.75, 3.05) is 5.73 Å². The molecule has 4 heteroatoms. The van der Waals surface area contributed by atoms with E-state index in [0.717, 1.165) is 5.56 Å². The molecule has 1 aliphatic rings. The molecule has 0 saturated heterocycles. The maximum atomic E-state index is 9.99. The van der Waals surface area contributed by atoms with E-state index in [1.807, 2.05) is 12.1 Å². The highest BCUT2D eigenvalue weighted by Crippen LogP contribution is 2.34. The van der Waals surface area contributed by atoms with Crippen LogP contribution in [-0.4, -0.2) is 21.7 Å². The van der Waals surface area contributed by atoms with Gasteiger partial charge in [0.2, 0.25) is 0 Å². The molecule has 1 aliphatic carbocycles. The summed E-state index contributed by atoms with van der Waals surface area (Å²) in [4.78, 5) is 3.98. The van der Waals surface area contributed by atoms with Crippen LogP contribution in [0.2, 0.25) is 0 Å². The topological polar surface area (TPSA) is 85.2 Å². The molecule has 14 heavy (non-hydrogen) atoms. The standard InChI is InChI=1S/C10H15N3O/c11-8-5-10(14,6-8)4-7-2-1-3-13-9(7)12/h1-3,8,14H,4-6,11H2,(H2,12,13). The Hall–Kier alpha value is -1.13. The van der Waals surface area contributed by atoms with Gasteiger partial charge < -0.3 is 16.6 Å². The monoisotopic (exact) mass is 193 g/mol. The summed E-state index contributed by atoms with van der Waals surface area (Å²) < 4.78 is 0. The van der Waals surface area contributed by atoms with Gasteiger partial charge in [0.1, 0.15) is 5.82 Å². The minimum absolute atomic E-state index is 0.137. The van der Waals surface area contributed by atoms with E-state index in [4.69, 9.17) is 11.5 Å². The van der Waals surface area contributed by atoms with Gasteiger partial charge in [-0.2, -0.15) is 0 Å². The van der Waals surface area contributed by atoms with Crippen molar-refractivity contribution in [2.24, 2.45) is 5.73 Å². The fourth-order valence-corrected chi connectivity index (χ4v) is 2.02. The predicted octanol–water partition coefficient (Wildman–Crippen LogP) is 0.0585. The summed E-state index contributed by atoms with van der Waals surface area (Å²) in [5, 5.41) is 9.99. The van der Waals surface area contributed by atoms with E-state index in [-0.39, 0.29) is 6.04 Å². The number of aliphatic hydroxyl groups is 1. The summed E-state index contributed by atoms with van der Waals surface area (Å²) in [5.74, 6) is 0.501. The number of nitrogens with zero attached hydrogens (tertiary/aromatic N) is 1. The lowest BCUT2D eigenvalue weighted by molar-refractivity contribution is -0.0454. The Bertz CT molecular complexity index is 334. The zero-order valence-electron chi connectivity index (χ0n) is 7.98. The first kappa shape index (κ1) is 9.43. The lowest BCUT2D eigenvalue weighted by Crippen LogP contribution is -2.52. The zero-order chi connectivity index (χ0) is 10.2. The fraction of sp³-hybridized carbons (Fsp3) is 0.500. The molecule has 0 aromatic carbocycles. The first-order valence-electron chi connectivity index (χ1n) is 4.76. The van der Waals surface area contributed by atoms with Gasteiger partial charge in [-0.1, -0.05) is 6.07 Å². The van der Waals surface area contributed by atoms with Crippen LogP contribution in [0.4, 0.5) is 5.82 Å². The maximum absolute atomic E-state index is 9.99. The normalized spacial score (nSPS) is 31.1. The summed E-state index contributed by atoms with van der Waals surface area (Å²) in [5.41, 5.74) is 11.6. The Kier molecular flexibility index (Phi) is 2.17. The van der Waals surface area contributed by atoms with Crippen molar-refractivity contribution in [1.29, 1.82) is 0 Å². The summed E-state index contributed by atoms with van der Waals surface area (Å²) in [7, 11) is 0. The Balaban J connectivity index is 2.08. The van der Waals surface area contributed by atoms with E-state index >= 15 is 0 Å². The molecule has 1 saturated carbocycles. The molecule has 2 rings (SSSR count). The Labute approximate surface area is 82.9 Å². The number of nitrogens with two attached hydrogens (primary N) is 2. The van der Waals surface area contributed by atoms with Crippen molar-refractivity contribution in [3.63, 3.8) is 0 Å². The van der Waals surface area contributed by atoms with Crippen molar-refractivity contribution in [2.45, 2.75) is 30.9 Å². The van der Waals surface area contributed by atoms with Crippen LogP contribution in [0.3, 0.4) is 0 Å². The van der Waals surface area contributed by atoms with E-state index < -0.39 is 5.60 Å². The number of nitrogen functional groups attached to an aromatic ring is 1. The lowest BCUT2D eigenvalue weighted by atomic mass is 9.73. The molecule has 5 N–H and O–H groups in total. The van der Waals surface area contributed by atoms with Gasteiger partial charge in [-0.15, -0.1) is 0 Å². The van der Waals surface area contributed by atoms with Gasteiger partial charge in [0.05, 0.1) is 5.60 Å². The zero-order valence-corrected chi connectivity index (χ0v) is 7.98. The first-order chi connectivity index (χ1) is 6.59. The predicted molar refractivity (Wildman–Crippen MR) is 54.5 cm³/mol. The van der Waals surface area contributed by atoms with E-state index in [1.54, 1.807) is 6.20 Å². The van der Waals surface area contributed by atoms with Gasteiger partial charge in [0.15, 0.2) is 0 Å². The number of pyridine rings is 1. The van der Waals surface area contributed by atoms with Gasteiger partial charge >= 0.3 is 0 Å². The molecule has 1 heterocycles. The molecule has 0 bridgehead atoms. The van der Waals surface area contributed by atoms with Crippen molar-refractivity contribution < 1.29 is 5.11 Å². The molecular formula is C10H15N3O. The van der Waals surface area contributed by atoms with Crippen LogP contribution in [-0.2, 0) is 6.42 Å². The van der Waals surface area contributed by atoms with Gasteiger partial charge in [-0.05, 0) is 24.5 Å². The molecular weight excluding hydrogens is 178 g/mol. The van der Waals surface area contributed by atoms with Crippen LogP contribution in [0.15, 0.2) is 18.3 Å². The fourth-order valence-electron chi connectivity index (χ4n) is 2.02. The molecule has 0 radical (unpaired) electrons. The van der Waals surface area contributed by atoms with Crippen molar-refractivity contribution in [1.82, 2.24) is 4.98 Å². The van der Waals surface area contributed by atoms with Crippen molar-refractivity contribution >= 4 is 5.82 Å². The Morgan fingerprint density at radius 3 is 2.86 bits per heavy atom. The third kappa shape index (κ3) is 1.71. The van der Waals surface area contributed by atoms with Crippen LogP contribution >= 0.6 is 0 Å². The quantitative estimate of drug-likeness (QED) is 0.620. The molecule has 0 amide bonds. The lowest BCUT2D eigenvalue weighted by Gasteiger charge is -2.42. The first-order valence-corrected chi connectivity index (χ1v) is 4.76. The highest BCUT2D eigenvalue weighted by Gasteiger charge is 2.40. The van der Waals surface area contributed by atoms with Crippen LogP contribution < -0.4 is 11.5 Å². The number of aromatic nitrogens is 1. The molecule has 1 aromatic heterocycles. The molecule has 0 unspecified atom stereocenters. The van der Waals surface area contributed by atoms with E-state index in [1.165, 1.54) is 0 Å². The third-order valence-electron chi connectivity index (χ3n) is 2.73. The third-order valence-corrected chi connectivity index (χ3v) is 2.73. The second-order valence-corrected chi connectivity index (χ2v) is 4.12. The van der Waals surface area contributed by atoms with Crippen LogP contribution in [0.25, 0.3) is 0 Å². The van der Waals surface area contributed by atoms with Crippen LogP contribution in [0.5, 0.6) is 0 Å². The average molecular weight is 193 g/mol. The van der Waals surface area contributed by atoms with E-state index in [2.05, 4.69) is 4.98 Å². The van der Waals surface area contributed by atoms with Gasteiger partial charge in [-0.25, -0.2) is 4.98 Å². The minimum atomic E-state index is -0.656. The Morgan fingerprint density at radius 2 is 2.29 bits per heavy atom. The number of rotatable bonds is 2. The summed E-state index contributed by atoms with van der Waals surface area (Å²) in [6.07, 6.45) is 3.51. The number of hydrogen-bond donors (Lipinski definition) is 3. The average Bonchev–Trinajstić information content (AvgIpc) is 2.06. The summed E-state index contributed by atoms with van der Waals surface area (Å²) >= 11 is 0. The number of hydrogen-bond acceptors (Lipinski definition) is 4. The second kappa shape index (κ2) is 3.22. The summed E-state index contributed by atoms with van der Waals surface area (Å²) in [6, 6.07) is 3.86. The molecule has 0 aliphatic heterocycles. The molecule has 76 valence electrons. The van der Waals surface area contributed by atoms with Gasteiger partial charge in [0, 0.05) is 18.7 Å². The van der Waals surface area contributed by atoms with Crippen molar-refractivity contribution in [3.8, 4) is 0 Å². The van der Waals surface area contributed by atoms with Gasteiger partial charge in [0.25, 0.3) is 0 Å². The van der Waals surface area contributed by atoms with Gasteiger partial charge in [-0.3, -0.25) is 0 Å². The van der Waals surface area contributed by atoms with Crippen LogP contribution in [0.1, 0.15) is 18.4 Å². The van der Waals surface area contributed by atoms with E-state index in [9.17, 15) is 5.11 Å². The number of anilines is 1. The smallest absolute Gasteiger partial charge is 0.126 e.